The summed E-state index contributed by atoms with van der Waals surface area (Å²) in [5, 5.41) is 11.0. The van der Waals surface area contributed by atoms with Gasteiger partial charge in [0.1, 0.15) is 0 Å². The third kappa shape index (κ3) is 2.08. The van der Waals surface area contributed by atoms with Gasteiger partial charge in [0, 0.05) is 28.1 Å². The fraction of sp³-hybridized carbons (Fsp3) is 0.0435. The summed E-state index contributed by atoms with van der Waals surface area (Å²) in [6.07, 6.45) is 0. The van der Waals surface area contributed by atoms with Gasteiger partial charge in [-0.15, -0.1) is 0 Å². The largest absolute Gasteiger partial charge is 0.349 e. The number of nitrogens with zero attached hydrogens (tertiary/aromatic N) is 3. The predicted molar refractivity (Wildman–Crippen MR) is 113 cm³/mol. The lowest BCUT2D eigenvalue weighted by molar-refractivity contribution is -0.121. The van der Waals surface area contributed by atoms with Crippen molar-refractivity contribution in [1.29, 1.82) is 0 Å². The first-order chi connectivity index (χ1) is 14.7. The van der Waals surface area contributed by atoms with Crippen LogP contribution >= 0.6 is 0 Å². The van der Waals surface area contributed by atoms with Crippen molar-refractivity contribution in [3.8, 4) is 22.6 Å². The molecule has 6 rings (SSSR count). The van der Waals surface area contributed by atoms with E-state index in [0.717, 1.165) is 5.56 Å². The second-order valence-corrected chi connectivity index (χ2v) is 7.25. The molecular formula is C23H15N5O2. The molecule has 2 aliphatic heterocycles. The number of rotatable bonds is 1. The van der Waals surface area contributed by atoms with Crippen molar-refractivity contribution in [2.75, 3.05) is 10.6 Å². The molecule has 30 heavy (non-hydrogen) atoms. The average Bonchev–Trinajstić information content (AvgIpc) is 3.06. The fourth-order valence-corrected chi connectivity index (χ4v) is 4.18. The van der Waals surface area contributed by atoms with E-state index in [0.29, 0.717) is 28.3 Å². The van der Waals surface area contributed by atoms with Crippen molar-refractivity contribution in [1.82, 2.24) is 14.8 Å². The number of nitrogens with one attached hydrogen (secondary N) is 2. The number of benzene rings is 3. The molecule has 1 spiro atoms. The number of carbonyl (C=O) groups is 1. The number of hydrogen-bond acceptors (Lipinski definition) is 5. The van der Waals surface area contributed by atoms with E-state index in [1.54, 1.807) is 16.8 Å². The van der Waals surface area contributed by atoms with Crippen LogP contribution in [0.3, 0.4) is 0 Å². The van der Waals surface area contributed by atoms with E-state index in [9.17, 15) is 9.59 Å². The Balaban J connectivity index is 1.72. The standard InChI is InChI=1S/C23H15N5O2/c29-21-19(14-8-2-1-3-9-14)27-28-20(25-21)15-10-4-6-12-17(15)26-23(28)16-11-5-7-13-18(16)24-22(23)30/h1-13,26H,(H,24,30). The molecule has 0 aliphatic carbocycles. The topological polar surface area (TPSA) is 88.9 Å². The lowest BCUT2D eigenvalue weighted by Crippen LogP contribution is -2.53. The van der Waals surface area contributed by atoms with Crippen LogP contribution in [-0.4, -0.2) is 20.7 Å². The predicted octanol–water partition coefficient (Wildman–Crippen LogP) is 3.05. The smallest absolute Gasteiger partial charge is 0.300 e. The van der Waals surface area contributed by atoms with Gasteiger partial charge in [0.15, 0.2) is 11.5 Å². The molecule has 2 N–H and O–H groups in total. The molecule has 0 radical (unpaired) electrons. The molecule has 3 aromatic carbocycles. The molecule has 3 heterocycles. The van der Waals surface area contributed by atoms with Crippen LogP contribution in [0.25, 0.3) is 22.6 Å². The summed E-state index contributed by atoms with van der Waals surface area (Å²) >= 11 is 0. The van der Waals surface area contributed by atoms with Crippen molar-refractivity contribution in [2.24, 2.45) is 0 Å². The number of fused-ring (bicyclic) bond motifs is 6. The Morgan fingerprint density at radius 3 is 2.33 bits per heavy atom. The summed E-state index contributed by atoms with van der Waals surface area (Å²) in [5.41, 5.74) is 1.90. The van der Waals surface area contributed by atoms with Crippen LogP contribution < -0.4 is 16.2 Å². The molecule has 1 aromatic heterocycles. The second kappa shape index (κ2) is 5.87. The van der Waals surface area contributed by atoms with E-state index in [1.807, 2.05) is 66.7 Å². The summed E-state index contributed by atoms with van der Waals surface area (Å²) in [7, 11) is 0. The SMILES string of the molecule is O=C1Nc2ccccc2C12Nc1ccccc1-c1nc(=O)c(-c3ccccc3)nn12. The van der Waals surface area contributed by atoms with E-state index in [2.05, 4.69) is 20.7 Å². The monoisotopic (exact) mass is 393 g/mol. The molecule has 0 saturated carbocycles. The van der Waals surface area contributed by atoms with E-state index in [-0.39, 0.29) is 11.6 Å². The zero-order valence-electron chi connectivity index (χ0n) is 15.7. The Morgan fingerprint density at radius 1 is 0.800 bits per heavy atom. The van der Waals surface area contributed by atoms with Crippen LogP contribution in [-0.2, 0) is 10.5 Å². The highest BCUT2D eigenvalue weighted by molar-refractivity contribution is 6.09. The van der Waals surface area contributed by atoms with Gasteiger partial charge in [-0.2, -0.15) is 10.1 Å². The number of aromatic nitrogens is 3. The Kier molecular flexibility index (Phi) is 3.26. The number of amides is 1. The van der Waals surface area contributed by atoms with Gasteiger partial charge in [0.25, 0.3) is 11.5 Å². The third-order valence-corrected chi connectivity index (χ3v) is 5.55. The first kappa shape index (κ1) is 16.7. The average molecular weight is 393 g/mol. The molecule has 1 amide bonds. The molecule has 144 valence electrons. The van der Waals surface area contributed by atoms with Crippen molar-refractivity contribution >= 4 is 17.3 Å². The van der Waals surface area contributed by atoms with Crippen molar-refractivity contribution < 1.29 is 4.79 Å². The van der Waals surface area contributed by atoms with Crippen molar-refractivity contribution in [3.05, 3.63) is 94.8 Å². The van der Waals surface area contributed by atoms with Crippen molar-refractivity contribution in [2.45, 2.75) is 5.66 Å². The maximum absolute atomic E-state index is 13.4. The van der Waals surface area contributed by atoms with Crippen molar-refractivity contribution in [3.63, 3.8) is 0 Å². The lowest BCUT2D eigenvalue weighted by Gasteiger charge is -2.37. The molecule has 7 heteroatoms. The number of para-hydroxylation sites is 2. The van der Waals surface area contributed by atoms with E-state index in [1.165, 1.54) is 0 Å². The van der Waals surface area contributed by atoms with E-state index >= 15 is 0 Å². The van der Waals surface area contributed by atoms with Gasteiger partial charge in [0.2, 0.25) is 5.66 Å². The van der Waals surface area contributed by atoms with E-state index < -0.39 is 11.2 Å². The molecule has 4 aromatic rings. The van der Waals surface area contributed by atoms with Gasteiger partial charge in [-0.05, 0) is 18.2 Å². The van der Waals surface area contributed by atoms with Gasteiger partial charge in [0.05, 0.1) is 0 Å². The summed E-state index contributed by atoms with van der Waals surface area (Å²) in [6, 6.07) is 24.1. The third-order valence-electron chi connectivity index (χ3n) is 5.55. The second-order valence-electron chi connectivity index (χ2n) is 7.25. The van der Waals surface area contributed by atoms with Crippen LogP contribution in [0.1, 0.15) is 5.56 Å². The molecule has 0 fully saturated rings. The van der Waals surface area contributed by atoms with Gasteiger partial charge in [-0.25, -0.2) is 4.68 Å². The number of carbonyl (C=O) groups excluding carboxylic acids is 1. The lowest BCUT2D eigenvalue weighted by atomic mass is 9.96. The molecule has 1 atom stereocenters. The molecule has 0 bridgehead atoms. The minimum absolute atomic E-state index is 0.192. The van der Waals surface area contributed by atoms with Gasteiger partial charge in [-0.1, -0.05) is 60.7 Å². The molecule has 7 nitrogen and oxygen atoms in total. The highest BCUT2D eigenvalue weighted by Crippen LogP contribution is 2.45. The molecule has 2 aliphatic rings. The Bertz CT molecular complexity index is 1400. The van der Waals surface area contributed by atoms with E-state index in [4.69, 9.17) is 0 Å². The maximum atomic E-state index is 13.4. The summed E-state index contributed by atoms with van der Waals surface area (Å²) in [4.78, 5) is 30.7. The Labute approximate surface area is 171 Å². The van der Waals surface area contributed by atoms with Gasteiger partial charge < -0.3 is 10.6 Å². The highest BCUT2D eigenvalue weighted by atomic mass is 16.2. The van der Waals surface area contributed by atoms with Gasteiger partial charge >= 0.3 is 0 Å². The molecule has 1 unspecified atom stereocenters. The first-order valence-electron chi connectivity index (χ1n) is 9.54. The summed E-state index contributed by atoms with van der Waals surface area (Å²) in [5.74, 6) is 0.0669. The first-order valence-corrected chi connectivity index (χ1v) is 9.54. The normalized spacial score (nSPS) is 18.2. The number of hydrogen-bond donors (Lipinski definition) is 2. The molecule has 0 saturated heterocycles. The summed E-state index contributed by atoms with van der Waals surface area (Å²) < 4.78 is 1.54. The van der Waals surface area contributed by atoms with Crippen LogP contribution in [0.2, 0.25) is 0 Å². The van der Waals surface area contributed by atoms with Crippen LogP contribution in [0, 0.1) is 0 Å². The minimum atomic E-state index is -1.34. The Hall–Kier alpha value is -4.26. The fourth-order valence-electron chi connectivity index (χ4n) is 4.18. The zero-order valence-corrected chi connectivity index (χ0v) is 15.7. The quantitative estimate of drug-likeness (QED) is 0.519. The van der Waals surface area contributed by atoms with Crippen LogP contribution in [0.5, 0.6) is 0 Å². The van der Waals surface area contributed by atoms with Crippen LogP contribution in [0.15, 0.2) is 83.7 Å². The van der Waals surface area contributed by atoms with Gasteiger partial charge in [-0.3, -0.25) is 9.59 Å². The highest BCUT2D eigenvalue weighted by Gasteiger charge is 2.53. The minimum Gasteiger partial charge on any atom is -0.349 e. The Morgan fingerprint density at radius 2 is 1.50 bits per heavy atom. The summed E-state index contributed by atoms with van der Waals surface area (Å²) in [6.45, 7) is 0. The van der Waals surface area contributed by atoms with Crippen LogP contribution in [0.4, 0.5) is 11.4 Å². The maximum Gasteiger partial charge on any atom is 0.300 e. The zero-order chi connectivity index (χ0) is 20.3. The number of anilines is 2. The molecular weight excluding hydrogens is 378 g/mol.